The zero-order valence-corrected chi connectivity index (χ0v) is 12.3. The number of nitrogens with zero attached hydrogens (tertiary/aromatic N) is 3. The van der Waals surface area contributed by atoms with Crippen LogP contribution in [0.2, 0.25) is 0 Å². The minimum absolute atomic E-state index is 0.171. The second-order valence-corrected chi connectivity index (χ2v) is 5.11. The molecule has 2 heterocycles. The molecule has 5 heteroatoms. The Bertz CT molecular complexity index is 753. The molecular formula is C15H16ClN3O. The number of alkyl halides is 1. The van der Waals surface area contributed by atoms with E-state index in [1.54, 1.807) is 7.11 Å². The quantitative estimate of drug-likeness (QED) is 0.690. The average molecular weight is 290 g/mol. The van der Waals surface area contributed by atoms with Crippen LogP contribution in [0, 0.1) is 0 Å². The van der Waals surface area contributed by atoms with Crippen LogP contribution in [0.4, 0.5) is 0 Å². The molecule has 0 amide bonds. The lowest BCUT2D eigenvalue weighted by Gasteiger charge is -2.16. The highest BCUT2D eigenvalue weighted by molar-refractivity contribution is 6.17. The molecule has 0 saturated carbocycles. The van der Waals surface area contributed by atoms with E-state index >= 15 is 0 Å². The first-order valence-electron chi connectivity index (χ1n) is 6.55. The fourth-order valence-electron chi connectivity index (χ4n) is 2.66. The predicted octanol–water partition coefficient (Wildman–Crippen LogP) is 3.53. The summed E-state index contributed by atoms with van der Waals surface area (Å²) in [6, 6.07) is 8.25. The molecule has 0 radical (unpaired) electrons. The van der Waals surface area contributed by atoms with Crippen molar-refractivity contribution in [1.29, 1.82) is 0 Å². The molecule has 0 aliphatic heterocycles. The molecule has 0 aliphatic carbocycles. The van der Waals surface area contributed by atoms with Crippen LogP contribution in [-0.4, -0.2) is 28.3 Å². The number of ether oxygens (including phenoxy) is 1. The molecule has 1 unspecified atom stereocenters. The molecule has 20 heavy (non-hydrogen) atoms. The van der Waals surface area contributed by atoms with Crippen LogP contribution in [0.3, 0.4) is 0 Å². The molecule has 4 nitrogen and oxygen atoms in total. The lowest BCUT2D eigenvalue weighted by molar-refractivity contribution is 0.163. The van der Waals surface area contributed by atoms with E-state index in [9.17, 15) is 0 Å². The molecule has 2 aromatic heterocycles. The molecular weight excluding hydrogens is 274 g/mol. The zero-order chi connectivity index (χ0) is 14.1. The summed E-state index contributed by atoms with van der Waals surface area (Å²) in [5.74, 6) is 1.22. The number of benzene rings is 1. The van der Waals surface area contributed by atoms with Gasteiger partial charge in [0, 0.05) is 12.5 Å². The van der Waals surface area contributed by atoms with Crippen molar-refractivity contribution >= 4 is 33.5 Å². The number of imidazole rings is 1. The van der Waals surface area contributed by atoms with Crippen LogP contribution >= 0.6 is 11.6 Å². The van der Waals surface area contributed by atoms with Gasteiger partial charge in [0.05, 0.1) is 35.8 Å². The van der Waals surface area contributed by atoms with Crippen LogP contribution in [0.15, 0.2) is 30.5 Å². The first-order chi connectivity index (χ1) is 9.76. The van der Waals surface area contributed by atoms with Crippen molar-refractivity contribution < 1.29 is 4.74 Å². The number of pyridine rings is 1. The summed E-state index contributed by atoms with van der Waals surface area (Å²) in [6.45, 7) is 2.72. The van der Waals surface area contributed by atoms with Gasteiger partial charge in [-0.1, -0.05) is 18.2 Å². The summed E-state index contributed by atoms with van der Waals surface area (Å²) in [5, 5.41) is 1.09. The highest BCUT2D eigenvalue weighted by Gasteiger charge is 2.17. The molecule has 0 aliphatic rings. The highest BCUT2D eigenvalue weighted by Crippen LogP contribution is 2.28. The largest absolute Gasteiger partial charge is 0.383 e. The predicted molar refractivity (Wildman–Crippen MR) is 81.2 cm³/mol. The van der Waals surface area contributed by atoms with Gasteiger partial charge in [-0.15, -0.1) is 11.6 Å². The first-order valence-corrected chi connectivity index (χ1v) is 7.09. The van der Waals surface area contributed by atoms with Crippen molar-refractivity contribution in [2.45, 2.75) is 18.8 Å². The third-order valence-electron chi connectivity index (χ3n) is 3.46. The van der Waals surface area contributed by atoms with E-state index in [0.29, 0.717) is 12.5 Å². The molecule has 3 rings (SSSR count). The lowest BCUT2D eigenvalue weighted by Crippen LogP contribution is -2.13. The van der Waals surface area contributed by atoms with E-state index in [0.717, 1.165) is 27.8 Å². The van der Waals surface area contributed by atoms with Crippen molar-refractivity contribution in [2.75, 3.05) is 13.7 Å². The van der Waals surface area contributed by atoms with Crippen molar-refractivity contribution in [1.82, 2.24) is 14.5 Å². The Balaban J connectivity index is 2.36. The second kappa shape index (κ2) is 5.38. The van der Waals surface area contributed by atoms with E-state index in [2.05, 4.69) is 27.5 Å². The number of methoxy groups -OCH3 is 1. The number of para-hydroxylation sites is 1. The molecule has 0 fully saturated rings. The fraction of sp³-hybridized carbons (Fsp3) is 0.333. The Morgan fingerprint density at radius 1 is 1.30 bits per heavy atom. The zero-order valence-electron chi connectivity index (χ0n) is 11.5. The maximum atomic E-state index is 6.05. The van der Waals surface area contributed by atoms with E-state index in [1.165, 1.54) is 0 Å². The van der Waals surface area contributed by atoms with Gasteiger partial charge in [0.2, 0.25) is 0 Å². The molecule has 3 aromatic rings. The molecule has 104 valence electrons. The third kappa shape index (κ3) is 2.05. The summed E-state index contributed by atoms with van der Waals surface area (Å²) < 4.78 is 7.44. The van der Waals surface area contributed by atoms with Crippen LogP contribution < -0.4 is 0 Å². The molecule has 0 N–H and O–H groups in total. The maximum Gasteiger partial charge on any atom is 0.125 e. The molecule has 1 atom stereocenters. The van der Waals surface area contributed by atoms with Crippen molar-refractivity contribution in [3.63, 3.8) is 0 Å². The summed E-state index contributed by atoms with van der Waals surface area (Å²) in [6.07, 6.45) is 1.81. The monoisotopic (exact) mass is 289 g/mol. The standard InChI is InChI=1S/C15H16ClN3O/c1-10(9-20-2)19-14(7-16)18-13-8-17-12-6-4-3-5-11(12)15(13)19/h3-6,8,10H,7,9H2,1-2H3. The molecule has 0 spiro atoms. The van der Waals surface area contributed by atoms with Gasteiger partial charge in [-0.25, -0.2) is 4.98 Å². The maximum absolute atomic E-state index is 6.05. The molecule has 1 aromatic carbocycles. The van der Waals surface area contributed by atoms with Crippen molar-refractivity contribution in [3.05, 3.63) is 36.3 Å². The van der Waals surface area contributed by atoms with Crippen molar-refractivity contribution in [3.8, 4) is 0 Å². The topological polar surface area (TPSA) is 39.9 Å². The third-order valence-corrected chi connectivity index (χ3v) is 3.70. The van der Waals surface area contributed by atoms with E-state index in [4.69, 9.17) is 16.3 Å². The average Bonchev–Trinajstić information content (AvgIpc) is 2.86. The fourth-order valence-corrected chi connectivity index (χ4v) is 2.85. The lowest BCUT2D eigenvalue weighted by atomic mass is 10.2. The number of rotatable bonds is 4. The Kier molecular flexibility index (Phi) is 3.59. The molecule has 0 saturated heterocycles. The Morgan fingerprint density at radius 2 is 2.10 bits per heavy atom. The van der Waals surface area contributed by atoms with Crippen LogP contribution in [0.25, 0.3) is 21.9 Å². The number of halogens is 1. The second-order valence-electron chi connectivity index (χ2n) is 4.85. The number of fused-ring (bicyclic) bond motifs is 3. The van der Waals surface area contributed by atoms with Gasteiger partial charge in [0.1, 0.15) is 11.3 Å². The first kappa shape index (κ1) is 13.3. The summed E-state index contributed by atoms with van der Waals surface area (Å²) in [7, 11) is 1.70. The van der Waals surface area contributed by atoms with Crippen LogP contribution in [-0.2, 0) is 10.6 Å². The molecule has 0 bridgehead atoms. The number of hydrogen-bond donors (Lipinski definition) is 0. The van der Waals surface area contributed by atoms with Gasteiger partial charge in [0.15, 0.2) is 0 Å². The van der Waals surface area contributed by atoms with Crippen LogP contribution in [0.1, 0.15) is 18.8 Å². The minimum atomic E-state index is 0.171. The highest BCUT2D eigenvalue weighted by atomic mass is 35.5. The van der Waals surface area contributed by atoms with E-state index in [1.807, 2.05) is 24.4 Å². The van der Waals surface area contributed by atoms with Gasteiger partial charge < -0.3 is 9.30 Å². The van der Waals surface area contributed by atoms with Gasteiger partial charge >= 0.3 is 0 Å². The summed E-state index contributed by atoms with van der Waals surface area (Å²) in [5.41, 5.74) is 2.92. The smallest absolute Gasteiger partial charge is 0.125 e. The summed E-state index contributed by atoms with van der Waals surface area (Å²) >= 11 is 6.05. The normalized spacial score (nSPS) is 13.2. The van der Waals surface area contributed by atoms with E-state index < -0.39 is 0 Å². The van der Waals surface area contributed by atoms with E-state index in [-0.39, 0.29) is 6.04 Å². The number of hydrogen-bond acceptors (Lipinski definition) is 3. The van der Waals surface area contributed by atoms with Gasteiger partial charge in [-0.2, -0.15) is 0 Å². The van der Waals surface area contributed by atoms with Gasteiger partial charge in [-0.05, 0) is 13.0 Å². The van der Waals surface area contributed by atoms with Crippen LogP contribution in [0.5, 0.6) is 0 Å². The minimum Gasteiger partial charge on any atom is -0.383 e. The van der Waals surface area contributed by atoms with Gasteiger partial charge in [-0.3, -0.25) is 4.98 Å². The Morgan fingerprint density at radius 3 is 2.85 bits per heavy atom. The Hall–Kier alpha value is -1.65. The summed E-state index contributed by atoms with van der Waals surface area (Å²) in [4.78, 5) is 9.05. The van der Waals surface area contributed by atoms with Crippen molar-refractivity contribution in [2.24, 2.45) is 0 Å². The Labute approximate surface area is 122 Å². The SMILES string of the molecule is COCC(C)n1c(CCl)nc2cnc3ccccc3c21. The number of aromatic nitrogens is 3. The van der Waals surface area contributed by atoms with Gasteiger partial charge in [0.25, 0.3) is 0 Å².